The van der Waals surface area contributed by atoms with Crippen molar-refractivity contribution in [2.24, 2.45) is 7.05 Å². The molecule has 7 heteroatoms. The Morgan fingerprint density at radius 2 is 1.95 bits per heavy atom. The Morgan fingerprint density at radius 1 is 1.24 bits per heavy atom. The van der Waals surface area contributed by atoms with E-state index in [1.54, 1.807) is 11.6 Å². The van der Waals surface area contributed by atoms with Crippen molar-refractivity contribution in [1.29, 1.82) is 0 Å². The van der Waals surface area contributed by atoms with E-state index in [1.807, 2.05) is 19.9 Å². The van der Waals surface area contributed by atoms with E-state index < -0.39 is 0 Å². The minimum atomic E-state index is -0.0340. The quantitative estimate of drug-likeness (QED) is 0.884. The molecule has 0 saturated carbocycles. The summed E-state index contributed by atoms with van der Waals surface area (Å²) in [6.45, 7) is 4.61. The number of anilines is 1. The summed E-state index contributed by atoms with van der Waals surface area (Å²) < 4.78 is 3.18. The highest BCUT2D eigenvalue weighted by Gasteiger charge is 2.20. The molecular weight excluding hydrogens is 268 g/mol. The topological polar surface area (TPSA) is 77.6 Å². The molecule has 3 heterocycles. The fraction of sp³-hybridized carbons (Fsp3) is 0.571. The Morgan fingerprint density at radius 3 is 2.67 bits per heavy atom. The first-order valence-electron chi connectivity index (χ1n) is 7.24. The average molecular weight is 288 g/mol. The van der Waals surface area contributed by atoms with Crippen molar-refractivity contribution < 1.29 is 0 Å². The maximum atomic E-state index is 11.9. The minimum absolute atomic E-state index is 0.0340. The Labute approximate surface area is 123 Å². The van der Waals surface area contributed by atoms with Crippen molar-refractivity contribution in [3.05, 3.63) is 33.8 Å². The predicted octanol–water partition coefficient (Wildman–Crippen LogP) is 0.806. The lowest BCUT2D eigenvalue weighted by atomic mass is 10.1. The van der Waals surface area contributed by atoms with Gasteiger partial charge in [-0.2, -0.15) is 5.10 Å². The molecule has 1 atom stereocenters. The number of hydrogen-bond donors (Lipinski definition) is 1. The second-order valence-electron chi connectivity index (χ2n) is 5.62. The molecule has 1 N–H and O–H groups in total. The summed E-state index contributed by atoms with van der Waals surface area (Å²) in [7, 11) is 1.70. The first-order chi connectivity index (χ1) is 10.0. The molecule has 21 heavy (non-hydrogen) atoms. The van der Waals surface area contributed by atoms with Crippen LogP contribution in [0.2, 0.25) is 0 Å². The van der Waals surface area contributed by atoms with E-state index in [0.29, 0.717) is 12.5 Å². The molecule has 2 aromatic rings. The van der Waals surface area contributed by atoms with Crippen molar-refractivity contribution >= 4 is 5.95 Å². The molecule has 1 aliphatic rings. The van der Waals surface area contributed by atoms with Crippen molar-refractivity contribution in [2.75, 3.05) is 5.32 Å². The molecule has 0 amide bonds. The summed E-state index contributed by atoms with van der Waals surface area (Å²) in [6.07, 6.45) is 2.58. The Bertz CT molecular complexity index is 696. The van der Waals surface area contributed by atoms with Gasteiger partial charge in [0.05, 0.1) is 0 Å². The Balaban J connectivity index is 1.74. The van der Waals surface area contributed by atoms with Crippen molar-refractivity contribution in [2.45, 2.75) is 45.7 Å². The van der Waals surface area contributed by atoms with Crippen LogP contribution in [0, 0.1) is 13.8 Å². The standard InChI is InChI=1S/C14H20N6O/c1-9-8-10(2)16-13(15-9)17-11-4-5-12-18-19(3)14(21)20(12)7-6-11/h8,11H,4-7H2,1-3H3,(H,15,16,17). The monoisotopic (exact) mass is 288 g/mol. The number of nitrogens with one attached hydrogen (secondary N) is 1. The highest BCUT2D eigenvalue weighted by Crippen LogP contribution is 2.15. The maximum absolute atomic E-state index is 11.9. The van der Waals surface area contributed by atoms with Crippen LogP contribution in [-0.4, -0.2) is 30.4 Å². The molecule has 1 unspecified atom stereocenters. The summed E-state index contributed by atoms with van der Waals surface area (Å²) >= 11 is 0. The second kappa shape index (κ2) is 5.31. The molecule has 3 rings (SSSR count). The maximum Gasteiger partial charge on any atom is 0.345 e. The Hall–Kier alpha value is -2.18. The molecule has 0 saturated heterocycles. The summed E-state index contributed by atoms with van der Waals surface area (Å²) in [5, 5.41) is 7.68. The van der Waals surface area contributed by atoms with Gasteiger partial charge in [0, 0.05) is 37.4 Å². The lowest BCUT2D eigenvalue weighted by Gasteiger charge is -2.16. The molecule has 2 aromatic heterocycles. The van der Waals surface area contributed by atoms with E-state index in [1.165, 1.54) is 4.68 Å². The van der Waals surface area contributed by atoms with E-state index in [-0.39, 0.29) is 11.7 Å². The van der Waals surface area contributed by atoms with Gasteiger partial charge in [0.2, 0.25) is 5.95 Å². The van der Waals surface area contributed by atoms with Gasteiger partial charge in [0.1, 0.15) is 5.82 Å². The molecule has 0 fully saturated rings. The van der Waals surface area contributed by atoms with Crippen LogP contribution in [0.3, 0.4) is 0 Å². The van der Waals surface area contributed by atoms with Gasteiger partial charge in [0.15, 0.2) is 0 Å². The Kier molecular flexibility index (Phi) is 3.48. The van der Waals surface area contributed by atoms with Crippen molar-refractivity contribution in [3.8, 4) is 0 Å². The number of rotatable bonds is 2. The van der Waals surface area contributed by atoms with Gasteiger partial charge in [0.25, 0.3) is 0 Å². The van der Waals surface area contributed by atoms with Crippen molar-refractivity contribution in [3.63, 3.8) is 0 Å². The third kappa shape index (κ3) is 2.81. The highest BCUT2D eigenvalue weighted by molar-refractivity contribution is 5.29. The molecule has 1 aliphatic heterocycles. The SMILES string of the molecule is Cc1cc(C)nc(NC2CCc3nn(C)c(=O)n3CC2)n1. The van der Waals surface area contributed by atoms with Gasteiger partial charge >= 0.3 is 5.69 Å². The van der Waals surface area contributed by atoms with E-state index in [4.69, 9.17) is 0 Å². The molecule has 7 nitrogen and oxygen atoms in total. The van der Waals surface area contributed by atoms with Gasteiger partial charge in [-0.25, -0.2) is 19.4 Å². The summed E-state index contributed by atoms with van der Waals surface area (Å²) in [5.74, 6) is 1.54. The van der Waals surface area contributed by atoms with Gasteiger partial charge in [-0.3, -0.25) is 4.57 Å². The molecule has 0 spiro atoms. The van der Waals surface area contributed by atoms with Crippen LogP contribution in [0.4, 0.5) is 5.95 Å². The average Bonchev–Trinajstić information content (AvgIpc) is 2.58. The predicted molar refractivity (Wildman–Crippen MR) is 79.3 cm³/mol. The largest absolute Gasteiger partial charge is 0.351 e. The summed E-state index contributed by atoms with van der Waals surface area (Å²) in [6, 6.07) is 2.22. The second-order valence-corrected chi connectivity index (χ2v) is 5.62. The normalized spacial score (nSPS) is 18.1. The van der Waals surface area contributed by atoms with Crippen LogP contribution in [0.15, 0.2) is 10.9 Å². The zero-order valence-corrected chi connectivity index (χ0v) is 12.6. The molecule has 0 aliphatic carbocycles. The van der Waals surface area contributed by atoms with E-state index in [2.05, 4.69) is 20.4 Å². The van der Waals surface area contributed by atoms with Crippen LogP contribution in [-0.2, 0) is 20.0 Å². The number of aryl methyl sites for hydroxylation is 4. The van der Waals surface area contributed by atoms with Crippen LogP contribution >= 0.6 is 0 Å². The molecule has 0 aromatic carbocycles. The van der Waals surface area contributed by atoms with Crippen LogP contribution < -0.4 is 11.0 Å². The van der Waals surface area contributed by atoms with Gasteiger partial charge in [-0.15, -0.1) is 0 Å². The number of nitrogens with zero attached hydrogens (tertiary/aromatic N) is 5. The van der Waals surface area contributed by atoms with Gasteiger partial charge in [-0.1, -0.05) is 0 Å². The number of aromatic nitrogens is 5. The van der Waals surface area contributed by atoms with Crippen LogP contribution in [0.1, 0.15) is 30.1 Å². The summed E-state index contributed by atoms with van der Waals surface area (Å²) in [5.41, 5.74) is 1.88. The fourth-order valence-electron chi connectivity index (χ4n) is 2.81. The number of hydrogen-bond acceptors (Lipinski definition) is 5. The van der Waals surface area contributed by atoms with E-state index >= 15 is 0 Å². The zero-order valence-electron chi connectivity index (χ0n) is 12.6. The molecule has 0 bridgehead atoms. The summed E-state index contributed by atoms with van der Waals surface area (Å²) in [4.78, 5) is 20.8. The number of fused-ring (bicyclic) bond motifs is 1. The third-order valence-corrected chi connectivity index (χ3v) is 3.82. The first kappa shape index (κ1) is 13.8. The fourth-order valence-corrected chi connectivity index (χ4v) is 2.81. The highest BCUT2D eigenvalue weighted by atomic mass is 16.2. The lowest BCUT2D eigenvalue weighted by molar-refractivity contribution is 0.559. The van der Waals surface area contributed by atoms with E-state index in [9.17, 15) is 4.79 Å². The van der Waals surface area contributed by atoms with Crippen LogP contribution in [0.5, 0.6) is 0 Å². The lowest BCUT2D eigenvalue weighted by Crippen LogP contribution is -2.26. The van der Waals surface area contributed by atoms with Crippen LogP contribution in [0.25, 0.3) is 0 Å². The van der Waals surface area contributed by atoms with Gasteiger partial charge < -0.3 is 5.32 Å². The van der Waals surface area contributed by atoms with Crippen molar-refractivity contribution in [1.82, 2.24) is 24.3 Å². The molecule has 112 valence electrons. The van der Waals surface area contributed by atoms with Gasteiger partial charge in [-0.05, 0) is 32.8 Å². The van der Waals surface area contributed by atoms with E-state index in [0.717, 1.165) is 36.5 Å². The molecular formula is C14H20N6O. The minimum Gasteiger partial charge on any atom is -0.351 e. The molecule has 0 radical (unpaired) electrons. The third-order valence-electron chi connectivity index (χ3n) is 3.82. The zero-order chi connectivity index (χ0) is 15.0. The first-order valence-corrected chi connectivity index (χ1v) is 7.24. The smallest absolute Gasteiger partial charge is 0.345 e.